The van der Waals surface area contributed by atoms with Gasteiger partial charge in [0.25, 0.3) is 0 Å². The molecule has 5 rings (SSSR count). The molecule has 3 atom stereocenters. The summed E-state index contributed by atoms with van der Waals surface area (Å²) in [5, 5.41) is 4.38. The molecule has 4 fully saturated rings. The van der Waals surface area contributed by atoms with Gasteiger partial charge < -0.3 is 10.3 Å². The van der Waals surface area contributed by atoms with Crippen LogP contribution in [0.15, 0.2) is 4.52 Å². The Bertz CT molecular complexity index is 546. The maximum absolute atomic E-state index is 5.85. The van der Waals surface area contributed by atoms with Crippen molar-refractivity contribution in [3.05, 3.63) is 11.7 Å². The van der Waals surface area contributed by atoms with Crippen LogP contribution in [0.3, 0.4) is 0 Å². The molecule has 0 saturated heterocycles. The predicted octanol–water partition coefficient (Wildman–Crippen LogP) is 3.21. The van der Waals surface area contributed by atoms with E-state index in [1.807, 2.05) is 6.92 Å². The van der Waals surface area contributed by atoms with Crippen molar-refractivity contribution in [3.8, 4) is 0 Å². The molecule has 2 N–H and O–H groups in total. The van der Waals surface area contributed by atoms with Crippen LogP contribution in [-0.2, 0) is 11.8 Å². The Morgan fingerprint density at radius 2 is 1.86 bits per heavy atom. The molecule has 0 spiro atoms. The maximum Gasteiger partial charge on any atom is 0.228 e. The molecule has 0 radical (unpaired) electrons. The minimum atomic E-state index is 0.0738. The third-order valence-electron chi connectivity index (χ3n) is 6.07. The van der Waals surface area contributed by atoms with Gasteiger partial charge in [-0.1, -0.05) is 19.0 Å². The number of hydrogen-bond donors (Lipinski definition) is 1. The van der Waals surface area contributed by atoms with Crippen molar-refractivity contribution in [2.24, 2.45) is 22.5 Å². The lowest BCUT2D eigenvalue weighted by Crippen LogP contribution is -2.57. The Kier molecular flexibility index (Phi) is 2.68. The van der Waals surface area contributed by atoms with Gasteiger partial charge in [-0.3, -0.25) is 0 Å². The highest BCUT2D eigenvalue weighted by atomic mass is 16.5. The number of nitrogens with zero attached hydrogens (tertiary/aromatic N) is 2. The highest BCUT2D eigenvalue weighted by molar-refractivity contribution is 5.21. The smallest absolute Gasteiger partial charge is 0.228 e. The number of rotatable bonds is 3. The molecular weight excluding hydrogens is 262 g/mol. The van der Waals surface area contributed by atoms with Crippen molar-refractivity contribution in [3.63, 3.8) is 0 Å². The van der Waals surface area contributed by atoms with Gasteiger partial charge in [0.15, 0.2) is 5.82 Å². The average molecular weight is 289 g/mol. The summed E-state index contributed by atoms with van der Waals surface area (Å²) in [6.07, 6.45) is 8.59. The Labute approximate surface area is 126 Å². The Morgan fingerprint density at radius 3 is 2.43 bits per heavy atom. The molecule has 1 heterocycles. The van der Waals surface area contributed by atoms with E-state index in [-0.39, 0.29) is 11.5 Å². The second-order valence-electron chi connectivity index (χ2n) is 9.10. The third-order valence-corrected chi connectivity index (χ3v) is 6.07. The largest absolute Gasteiger partial charge is 0.339 e. The molecule has 4 aliphatic rings. The second-order valence-corrected chi connectivity index (χ2v) is 9.10. The van der Waals surface area contributed by atoms with Crippen LogP contribution in [0.2, 0.25) is 0 Å². The zero-order valence-corrected chi connectivity index (χ0v) is 13.5. The van der Waals surface area contributed by atoms with E-state index in [1.165, 1.54) is 38.5 Å². The first-order valence-electron chi connectivity index (χ1n) is 8.39. The Hall–Kier alpha value is -0.900. The van der Waals surface area contributed by atoms with Gasteiger partial charge in [0.05, 0.1) is 0 Å². The van der Waals surface area contributed by atoms with Gasteiger partial charge in [-0.05, 0) is 62.2 Å². The number of aromatic nitrogens is 2. The van der Waals surface area contributed by atoms with Gasteiger partial charge in [-0.25, -0.2) is 0 Å². The van der Waals surface area contributed by atoms with E-state index in [0.29, 0.717) is 23.1 Å². The van der Waals surface area contributed by atoms with Crippen LogP contribution in [0.25, 0.3) is 0 Å². The summed E-state index contributed by atoms with van der Waals surface area (Å²) in [4.78, 5) is 4.74. The molecular formula is C17H27N3O. The Balaban J connectivity index is 1.69. The second kappa shape index (κ2) is 4.09. The average Bonchev–Trinajstić information content (AvgIpc) is 2.71. The van der Waals surface area contributed by atoms with Crippen molar-refractivity contribution in [1.29, 1.82) is 0 Å². The summed E-state index contributed by atoms with van der Waals surface area (Å²) in [6, 6.07) is 0.0738. The fourth-order valence-electron chi connectivity index (χ4n) is 6.53. The van der Waals surface area contributed by atoms with E-state index in [2.05, 4.69) is 19.0 Å². The zero-order chi connectivity index (χ0) is 14.9. The lowest BCUT2D eigenvalue weighted by molar-refractivity contribution is -0.113. The highest BCUT2D eigenvalue weighted by Crippen LogP contribution is 2.69. The minimum Gasteiger partial charge on any atom is -0.339 e. The van der Waals surface area contributed by atoms with Gasteiger partial charge in [-0.15, -0.1) is 0 Å². The van der Waals surface area contributed by atoms with Gasteiger partial charge in [-0.2, -0.15) is 4.98 Å². The predicted molar refractivity (Wildman–Crippen MR) is 80.7 cm³/mol. The van der Waals surface area contributed by atoms with E-state index < -0.39 is 0 Å². The van der Waals surface area contributed by atoms with Gasteiger partial charge in [0, 0.05) is 17.9 Å². The highest BCUT2D eigenvalue weighted by Gasteiger charge is 2.62. The van der Waals surface area contributed by atoms with Crippen molar-refractivity contribution < 1.29 is 4.52 Å². The first-order valence-corrected chi connectivity index (χ1v) is 8.39. The van der Waals surface area contributed by atoms with Crippen LogP contribution in [0, 0.1) is 16.7 Å². The molecule has 0 aliphatic heterocycles. The molecule has 4 saturated carbocycles. The van der Waals surface area contributed by atoms with E-state index in [4.69, 9.17) is 15.2 Å². The van der Waals surface area contributed by atoms with Gasteiger partial charge in [0.1, 0.15) is 0 Å². The third kappa shape index (κ3) is 2.14. The SMILES string of the molecule is CC(N)Cc1nc(C23CC4CC(C)(CC(C)(C4)C2)C3)no1. The van der Waals surface area contributed by atoms with Crippen LogP contribution >= 0.6 is 0 Å². The summed E-state index contributed by atoms with van der Waals surface area (Å²) < 4.78 is 5.49. The standard InChI is InChI=1S/C17H27N3O/c1-11(18)4-13-19-14(20-21-13)17-7-12-5-15(2,9-17)8-16(3,6-12)10-17/h11-12H,4-10,18H2,1-3H3. The van der Waals surface area contributed by atoms with E-state index in [9.17, 15) is 0 Å². The maximum atomic E-state index is 5.85. The minimum absolute atomic E-state index is 0.0738. The van der Waals surface area contributed by atoms with Gasteiger partial charge >= 0.3 is 0 Å². The van der Waals surface area contributed by atoms with E-state index >= 15 is 0 Å². The molecule has 1 aromatic heterocycles. The van der Waals surface area contributed by atoms with Crippen molar-refractivity contribution in [2.45, 2.75) is 77.2 Å². The van der Waals surface area contributed by atoms with Crippen LogP contribution in [0.4, 0.5) is 0 Å². The molecule has 0 aromatic carbocycles. The summed E-state index contributed by atoms with van der Waals surface area (Å²) in [7, 11) is 0. The van der Waals surface area contributed by atoms with Crippen molar-refractivity contribution in [2.75, 3.05) is 0 Å². The van der Waals surface area contributed by atoms with Crippen LogP contribution < -0.4 is 5.73 Å². The van der Waals surface area contributed by atoms with E-state index in [0.717, 1.165) is 11.7 Å². The summed E-state index contributed by atoms with van der Waals surface area (Å²) in [5.74, 6) is 2.54. The quantitative estimate of drug-likeness (QED) is 0.928. The van der Waals surface area contributed by atoms with Crippen LogP contribution in [-0.4, -0.2) is 16.2 Å². The molecule has 4 nitrogen and oxygen atoms in total. The summed E-state index contributed by atoms with van der Waals surface area (Å²) >= 11 is 0. The normalized spacial score (nSPS) is 46.0. The first kappa shape index (κ1) is 13.7. The first-order chi connectivity index (χ1) is 9.80. The monoisotopic (exact) mass is 289 g/mol. The summed E-state index contributed by atoms with van der Waals surface area (Å²) in [5.41, 5.74) is 6.99. The lowest BCUT2D eigenvalue weighted by Gasteiger charge is -2.64. The molecule has 0 amide bonds. The fourth-order valence-corrected chi connectivity index (χ4v) is 6.53. The fraction of sp³-hybridized carbons (Fsp3) is 0.882. The molecule has 4 aliphatic carbocycles. The lowest BCUT2D eigenvalue weighted by atomic mass is 9.40. The molecule has 1 aromatic rings. The van der Waals surface area contributed by atoms with Crippen molar-refractivity contribution >= 4 is 0 Å². The molecule has 116 valence electrons. The molecule has 4 heteroatoms. The topological polar surface area (TPSA) is 64.9 Å². The van der Waals surface area contributed by atoms with Crippen LogP contribution in [0.1, 0.15) is 71.0 Å². The van der Waals surface area contributed by atoms with Gasteiger partial charge in [0.2, 0.25) is 5.89 Å². The summed E-state index contributed by atoms with van der Waals surface area (Å²) in [6.45, 7) is 6.94. The number of hydrogen-bond acceptors (Lipinski definition) is 4. The Morgan fingerprint density at radius 1 is 1.19 bits per heavy atom. The van der Waals surface area contributed by atoms with E-state index in [1.54, 1.807) is 0 Å². The molecule has 3 unspecified atom stereocenters. The molecule has 21 heavy (non-hydrogen) atoms. The zero-order valence-electron chi connectivity index (χ0n) is 13.5. The van der Waals surface area contributed by atoms with Crippen LogP contribution in [0.5, 0.6) is 0 Å². The van der Waals surface area contributed by atoms with Crippen molar-refractivity contribution in [1.82, 2.24) is 10.1 Å². The number of nitrogens with two attached hydrogens (primary N) is 1. The molecule has 4 bridgehead atoms.